The summed E-state index contributed by atoms with van der Waals surface area (Å²) in [7, 11) is 0. The van der Waals surface area contributed by atoms with E-state index in [9.17, 15) is 4.79 Å². The van der Waals surface area contributed by atoms with Gasteiger partial charge in [-0.3, -0.25) is 9.69 Å². The van der Waals surface area contributed by atoms with Crippen molar-refractivity contribution in [3.05, 3.63) is 47.5 Å². The molecule has 0 saturated heterocycles. The Morgan fingerprint density at radius 2 is 2.06 bits per heavy atom. The first-order valence-electron chi connectivity index (χ1n) is 5.74. The second kappa shape index (κ2) is 5.08. The van der Waals surface area contributed by atoms with Gasteiger partial charge in [0.25, 0.3) is 0 Å². The Labute approximate surface area is 96.6 Å². The van der Waals surface area contributed by atoms with Crippen LogP contribution in [-0.4, -0.2) is 24.3 Å². The first-order valence-corrected chi connectivity index (χ1v) is 5.74. The van der Waals surface area contributed by atoms with Crippen LogP contribution in [0.2, 0.25) is 0 Å². The zero-order valence-electron chi connectivity index (χ0n) is 9.60. The number of hydrogen-bond acceptors (Lipinski definition) is 2. The number of aldehydes is 1. The second-order valence-corrected chi connectivity index (χ2v) is 4.24. The van der Waals surface area contributed by atoms with E-state index in [2.05, 4.69) is 36.1 Å². The number of carbonyl (C=O) groups excluding carboxylic acids is 1. The highest BCUT2D eigenvalue weighted by Gasteiger charge is 2.18. The summed E-state index contributed by atoms with van der Waals surface area (Å²) < 4.78 is 0. The van der Waals surface area contributed by atoms with Gasteiger partial charge in [-0.25, -0.2) is 0 Å². The van der Waals surface area contributed by atoms with Gasteiger partial charge in [-0.15, -0.1) is 0 Å². The van der Waals surface area contributed by atoms with E-state index in [4.69, 9.17) is 0 Å². The first kappa shape index (κ1) is 11.1. The van der Waals surface area contributed by atoms with E-state index >= 15 is 0 Å². The number of hydrogen-bond donors (Lipinski definition) is 0. The van der Waals surface area contributed by atoms with Crippen molar-refractivity contribution in [2.24, 2.45) is 0 Å². The zero-order chi connectivity index (χ0) is 11.4. The van der Waals surface area contributed by atoms with Gasteiger partial charge in [0, 0.05) is 24.7 Å². The molecule has 0 bridgehead atoms. The minimum atomic E-state index is 0.379. The summed E-state index contributed by atoms with van der Waals surface area (Å²) in [4.78, 5) is 13.1. The maximum absolute atomic E-state index is 10.8. The molecule has 1 aromatic rings. The minimum absolute atomic E-state index is 0.379. The lowest BCUT2D eigenvalue weighted by atomic mass is 10.0. The fourth-order valence-corrected chi connectivity index (χ4v) is 2.15. The Hall–Kier alpha value is -1.41. The zero-order valence-corrected chi connectivity index (χ0v) is 9.60. The lowest BCUT2D eigenvalue weighted by Crippen LogP contribution is -2.32. The lowest BCUT2D eigenvalue weighted by Gasteiger charge is -2.31. The topological polar surface area (TPSA) is 20.3 Å². The van der Waals surface area contributed by atoms with Gasteiger partial charge in [0.15, 0.2) is 0 Å². The first-order chi connectivity index (χ1) is 7.81. The maximum Gasteiger partial charge on any atom is 0.147 e. The van der Waals surface area contributed by atoms with Gasteiger partial charge >= 0.3 is 0 Å². The van der Waals surface area contributed by atoms with Crippen LogP contribution in [0.25, 0.3) is 0 Å². The van der Waals surface area contributed by atoms with Gasteiger partial charge < -0.3 is 0 Å². The van der Waals surface area contributed by atoms with Crippen LogP contribution in [0.5, 0.6) is 0 Å². The van der Waals surface area contributed by atoms with E-state index in [1.165, 1.54) is 5.56 Å². The summed E-state index contributed by atoms with van der Waals surface area (Å²) in [5, 5.41) is 0. The van der Waals surface area contributed by atoms with Gasteiger partial charge in [-0.2, -0.15) is 0 Å². The van der Waals surface area contributed by atoms with Crippen molar-refractivity contribution in [3.63, 3.8) is 0 Å². The summed E-state index contributed by atoms with van der Waals surface area (Å²) in [6.45, 7) is 4.01. The molecule has 0 N–H and O–H groups in total. The molecule has 0 fully saturated rings. The van der Waals surface area contributed by atoms with Crippen LogP contribution < -0.4 is 0 Å². The fourth-order valence-electron chi connectivity index (χ4n) is 2.15. The largest absolute Gasteiger partial charge is 0.298 e. The van der Waals surface area contributed by atoms with E-state index in [0.29, 0.717) is 6.04 Å². The van der Waals surface area contributed by atoms with E-state index in [-0.39, 0.29) is 0 Å². The smallest absolute Gasteiger partial charge is 0.147 e. The third-order valence-electron chi connectivity index (χ3n) is 3.19. The monoisotopic (exact) mass is 215 g/mol. The molecule has 1 aromatic carbocycles. The normalized spacial score (nSPS) is 18.9. The molecular weight excluding hydrogens is 198 g/mol. The Kier molecular flexibility index (Phi) is 3.52. The van der Waals surface area contributed by atoms with E-state index in [0.717, 1.165) is 31.4 Å². The second-order valence-electron chi connectivity index (χ2n) is 4.24. The highest BCUT2D eigenvalue weighted by atomic mass is 16.1. The van der Waals surface area contributed by atoms with Crippen LogP contribution in [0.3, 0.4) is 0 Å². The van der Waals surface area contributed by atoms with Crippen molar-refractivity contribution in [1.82, 2.24) is 4.90 Å². The van der Waals surface area contributed by atoms with Crippen LogP contribution in [0.4, 0.5) is 0 Å². The van der Waals surface area contributed by atoms with Crippen molar-refractivity contribution in [2.45, 2.75) is 19.4 Å². The molecule has 1 aliphatic heterocycles. The summed E-state index contributed by atoms with van der Waals surface area (Å²) in [6, 6.07) is 10.8. The number of carbonyl (C=O) groups is 1. The highest BCUT2D eigenvalue weighted by molar-refractivity contribution is 5.74. The molecule has 2 rings (SSSR count). The molecule has 1 atom stereocenters. The predicted octanol–water partition coefficient (Wildman–Crippen LogP) is 2.58. The van der Waals surface area contributed by atoms with Crippen molar-refractivity contribution >= 4 is 6.29 Å². The molecule has 0 spiro atoms. The number of nitrogens with zero attached hydrogens (tertiary/aromatic N) is 1. The summed E-state index contributed by atoms with van der Waals surface area (Å²) >= 11 is 0. The molecule has 84 valence electrons. The van der Waals surface area contributed by atoms with E-state index < -0.39 is 0 Å². The Bertz CT molecular complexity index is 383. The molecule has 2 nitrogen and oxygen atoms in total. The third kappa shape index (κ3) is 2.39. The van der Waals surface area contributed by atoms with Crippen molar-refractivity contribution in [3.8, 4) is 0 Å². The summed E-state index contributed by atoms with van der Waals surface area (Å²) in [6.07, 6.45) is 4.00. The van der Waals surface area contributed by atoms with Gasteiger partial charge in [-0.05, 0) is 18.9 Å². The standard InChI is InChI=1S/C14H17NO/c1-12(14-7-3-2-4-8-14)15-9-5-6-13(10-15)11-16/h2-4,6-8,11-12H,5,9-10H2,1H3/t12-/m0/s1. The average molecular weight is 215 g/mol. The van der Waals surface area contributed by atoms with Crippen LogP contribution in [0, 0.1) is 0 Å². The minimum Gasteiger partial charge on any atom is -0.298 e. The molecule has 0 amide bonds. The quantitative estimate of drug-likeness (QED) is 0.722. The highest BCUT2D eigenvalue weighted by Crippen LogP contribution is 2.23. The van der Waals surface area contributed by atoms with Crippen LogP contribution >= 0.6 is 0 Å². The number of rotatable bonds is 3. The third-order valence-corrected chi connectivity index (χ3v) is 3.19. The molecule has 0 radical (unpaired) electrons. The average Bonchev–Trinajstić information content (AvgIpc) is 2.39. The molecule has 16 heavy (non-hydrogen) atoms. The van der Waals surface area contributed by atoms with Crippen LogP contribution in [0.1, 0.15) is 24.9 Å². The fraction of sp³-hybridized carbons (Fsp3) is 0.357. The molecule has 2 heteroatoms. The Morgan fingerprint density at radius 3 is 2.75 bits per heavy atom. The number of benzene rings is 1. The Morgan fingerprint density at radius 1 is 1.31 bits per heavy atom. The van der Waals surface area contributed by atoms with Gasteiger partial charge in [0.1, 0.15) is 6.29 Å². The predicted molar refractivity (Wildman–Crippen MR) is 65.2 cm³/mol. The SMILES string of the molecule is C[C@@H](c1ccccc1)N1CCC=C(C=O)C1. The van der Waals surface area contributed by atoms with Crippen LogP contribution in [-0.2, 0) is 4.79 Å². The molecule has 1 aliphatic rings. The van der Waals surface area contributed by atoms with Crippen molar-refractivity contribution in [1.29, 1.82) is 0 Å². The van der Waals surface area contributed by atoms with Crippen molar-refractivity contribution in [2.75, 3.05) is 13.1 Å². The summed E-state index contributed by atoms with van der Waals surface area (Å²) in [5.41, 5.74) is 2.23. The summed E-state index contributed by atoms with van der Waals surface area (Å²) in [5.74, 6) is 0. The molecule has 0 saturated carbocycles. The van der Waals surface area contributed by atoms with Gasteiger partial charge in [-0.1, -0.05) is 36.4 Å². The molecule has 0 aliphatic carbocycles. The molecule has 0 unspecified atom stereocenters. The molecule has 1 heterocycles. The van der Waals surface area contributed by atoms with Crippen LogP contribution in [0.15, 0.2) is 42.0 Å². The van der Waals surface area contributed by atoms with E-state index in [1.54, 1.807) is 0 Å². The lowest BCUT2D eigenvalue weighted by molar-refractivity contribution is -0.105. The Balaban J connectivity index is 2.09. The molecular formula is C14H17NO. The molecule has 0 aromatic heterocycles. The van der Waals surface area contributed by atoms with Gasteiger partial charge in [0.2, 0.25) is 0 Å². The van der Waals surface area contributed by atoms with Gasteiger partial charge in [0.05, 0.1) is 0 Å². The maximum atomic E-state index is 10.8. The van der Waals surface area contributed by atoms with Crippen molar-refractivity contribution < 1.29 is 4.79 Å². The van der Waals surface area contributed by atoms with E-state index in [1.807, 2.05) is 12.1 Å².